The number of carbonyl (C=O) groups is 2. The molecule has 0 saturated carbocycles. The number of methoxy groups -OCH3 is 1. The molecule has 0 saturated heterocycles. The molecule has 35 heavy (non-hydrogen) atoms. The second-order valence-electron chi connectivity index (χ2n) is 9.68. The number of nitrogens with zero attached hydrogens (tertiary/aromatic N) is 2. The monoisotopic (exact) mass is 476 g/mol. The van der Waals surface area contributed by atoms with Gasteiger partial charge in [-0.15, -0.1) is 0 Å². The smallest absolute Gasteiger partial charge is 0.254 e. The molecule has 6 heteroatoms. The van der Waals surface area contributed by atoms with Crippen molar-refractivity contribution in [3.05, 3.63) is 95.4 Å². The fourth-order valence-corrected chi connectivity index (χ4v) is 3.80. The second-order valence-corrected chi connectivity index (χ2v) is 9.68. The van der Waals surface area contributed by atoms with Gasteiger partial charge in [0.05, 0.1) is 19.4 Å². The Balaban J connectivity index is 1.75. The fourth-order valence-electron chi connectivity index (χ4n) is 3.80. The molecule has 3 aromatic rings. The van der Waals surface area contributed by atoms with Gasteiger partial charge in [0.15, 0.2) is 0 Å². The quantitative estimate of drug-likeness (QED) is 0.393. The minimum absolute atomic E-state index is 0.00160. The van der Waals surface area contributed by atoms with E-state index in [9.17, 15) is 9.59 Å². The van der Waals surface area contributed by atoms with Crippen LogP contribution in [0.15, 0.2) is 77.4 Å². The average Bonchev–Trinajstić information content (AvgIpc) is 3.37. The highest BCUT2D eigenvalue weighted by molar-refractivity contribution is 5.96. The van der Waals surface area contributed by atoms with Gasteiger partial charge < -0.3 is 19.0 Å². The number of furan rings is 1. The molecule has 2 aromatic carbocycles. The van der Waals surface area contributed by atoms with Gasteiger partial charge in [-0.3, -0.25) is 9.59 Å². The summed E-state index contributed by atoms with van der Waals surface area (Å²) in [5.74, 6) is 0.393. The van der Waals surface area contributed by atoms with E-state index in [0.29, 0.717) is 44.0 Å². The van der Waals surface area contributed by atoms with E-state index in [1.54, 1.807) is 23.2 Å². The maximum Gasteiger partial charge on any atom is 0.254 e. The summed E-state index contributed by atoms with van der Waals surface area (Å²) < 4.78 is 10.7. The normalized spacial score (nSPS) is 11.3. The lowest BCUT2D eigenvalue weighted by Crippen LogP contribution is -2.44. The zero-order chi connectivity index (χ0) is 25.3. The number of hydrogen-bond donors (Lipinski definition) is 0. The van der Waals surface area contributed by atoms with E-state index < -0.39 is 0 Å². The highest BCUT2D eigenvalue weighted by Crippen LogP contribution is 2.22. The number of rotatable bonds is 11. The Morgan fingerprint density at radius 3 is 2.20 bits per heavy atom. The summed E-state index contributed by atoms with van der Waals surface area (Å²) in [6, 6.07) is 21.3. The van der Waals surface area contributed by atoms with Crippen molar-refractivity contribution in [3.8, 4) is 0 Å². The van der Waals surface area contributed by atoms with Gasteiger partial charge in [-0.05, 0) is 47.2 Å². The molecule has 0 bridgehead atoms. The van der Waals surface area contributed by atoms with Gasteiger partial charge in [0, 0.05) is 25.8 Å². The Morgan fingerprint density at radius 2 is 1.60 bits per heavy atom. The molecule has 1 aromatic heterocycles. The topological polar surface area (TPSA) is 63.0 Å². The maximum atomic E-state index is 13.4. The predicted octanol–water partition coefficient (Wildman–Crippen LogP) is 4.94. The molecular formula is C29H36N2O4. The Hall–Kier alpha value is -3.38. The van der Waals surface area contributed by atoms with Crippen molar-refractivity contribution in [2.45, 2.75) is 39.2 Å². The number of ether oxygens (including phenoxy) is 1. The summed E-state index contributed by atoms with van der Waals surface area (Å²) in [4.78, 5) is 30.1. The van der Waals surface area contributed by atoms with Gasteiger partial charge in [0.1, 0.15) is 12.3 Å². The number of benzene rings is 2. The number of hydrogen-bond acceptors (Lipinski definition) is 4. The Labute approximate surface area is 208 Å². The van der Waals surface area contributed by atoms with Gasteiger partial charge in [-0.25, -0.2) is 0 Å². The fraction of sp³-hybridized carbons (Fsp3) is 0.379. The first-order chi connectivity index (χ1) is 16.8. The Kier molecular flexibility index (Phi) is 9.26. The van der Waals surface area contributed by atoms with Crippen LogP contribution in [0.1, 0.15) is 48.0 Å². The van der Waals surface area contributed by atoms with Crippen LogP contribution in [0.25, 0.3) is 0 Å². The van der Waals surface area contributed by atoms with E-state index in [-0.39, 0.29) is 23.8 Å². The molecule has 0 N–H and O–H groups in total. The summed E-state index contributed by atoms with van der Waals surface area (Å²) in [7, 11) is 1.59. The van der Waals surface area contributed by atoms with E-state index in [1.807, 2.05) is 66.7 Å². The zero-order valence-corrected chi connectivity index (χ0v) is 21.2. The van der Waals surface area contributed by atoms with Crippen LogP contribution in [-0.4, -0.2) is 55.0 Å². The van der Waals surface area contributed by atoms with E-state index in [2.05, 4.69) is 20.8 Å². The molecule has 0 aliphatic heterocycles. The summed E-state index contributed by atoms with van der Waals surface area (Å²) in [5.41, 5.74) is 2.86. The Bertz CT molecular complexity index is 1050. The minimum atomic E-state index is -0.183. The molecule has 3 rings (SSSR count). The molecule has 1 heterocycles. The minimum Gasteiger partial charge on any atom is -0.467 e. The molecular weight excluding hydrogens is 440 g/mol. The molecule has 0 aliphatic carbocycles. The molecule has 186 valence electrons. The third-order valence-corrected chi connectivity index (χ3v) is 5.97. The van der Waals surface area contributed by atoms with Crippen LogP contribution in [0.5, 0.6) is 0 Å². The third kappa shape index (κ3) is 7.82. The number of amides is 2. The third-order valence-electron chi connectivity index (χ3n) is 5.97. The van der Waals surface area contributed by atoms with Crippen LogP contribution >= 0.6 is 0 Å². The molecule has 6 nitrogen and oxygen atoms in total. The highest BCUT2D eigenvalue weighted by Gasteiger charge is 2.23. The first-order valence-electron chi connectivity index (χ1n) is 12.0. The van der Waals surface area contributed by atoms with Gasteiger partial charge in [0.25, 0.3) is 5.91 Å². The summed E-state index contributed by atoms with van der Waals surface area (Å²) in [6.45, 7) is 7.93. The SMILES string of the molecule is COCCN(CC(=O)N(CCc1ccccc1)Cc1ccco1)C(=O)c1ccc(C(C)(C)C)cc1. The van der Waals surface area contributed by atoms with Crippen LogP contribution in [0.3, 0.4) is 0 Å². The van der Waals surface area contributed by atoms with Crippen LogP contribution in [0.4, 0.5) is 0 Å². The van der Waals surface area contributed by atoms with Crippen LogP contribution in [0, 0.1) is 0 Å². The first-order valence-corrected chi connectivity index (χ1v) is 12.0. The van der Waals surface area contributed by atoms with Gasteiger partial charge in [-0.1, -0.05) is 63.2 Å². The van der Waals surface area contributed by atoms with Gasteiger partial charge in [0.2, 0.25) is 5.91 Å². The predicted molar refractivity (Wildman–Crippen MR) is 137 cm³/mol. The highest BCUT2D eigenvalue weighted by atomic mass is 16.5. The van der Waals surface area contributed by atoms with E-state index in [1.165, 1.54) is 0 Å². The first kappa shape index (κ1) is 26.2. The maximum absolute atomic E-state index is 13.4. The molecule has 2 amide bonds. The van der Waals surface area contributed by atoms with Crippen molar-refractivity contribution in [2.24, 2.45) is 0 Å². The average molecular weight is 477 g/mol. The van der Waals surface area contributed by atoms with E-state index >= 15 is 0 Å². The van der Waals surface area contributed by atoms with Crippen LogP contribution < -0.4 is 0 Å². The molecule has 0 spiro atoms. The lowest BCUT2D eigenvalue weighted by atomic mass is 9.86. The van der Waals surface area contributed by atoms with Gasteiger partial charge in [-0.2, -0.15) is 0 Å². The van der Waals surface area contributed by atoms with Crippen molar-refractivity contribution in [3.63, 3.8) is 0 Å². The van der Waals surface area contributed by atoms with Crippen molar-refractivity contribution in [1.29, 1.82) is 0 Å². The van der Waals surface area contributed by atoms with Crippen molar-refractivity contribution in [2.75, 3.05) is 33.4 Å². The lowest BCUT2D eigenvalue weighted by molar-refractivity contribution is -0.132. The second kappa shape index (κ2) is 12.4. The largest absolute Gasteiger partial charge is 0.467 e. The molecule has 0 unspecified atom stereocenters. The molecule has 0 radical (unpaired) electrons. The van der Waals surface area contributed by atoms with E-state index in [0.717, 1.165) is 11.1 Å². The van der Waals surface area contributed by atoms with Crippen molar-refractivity contribution in [1.82, 2.24) is 9.80 Å². The van der Waals surface area contributed by atoms with Crippen LogP contribution in [0.2, 0.25) is 0 Å². The summed E-state index contributed by atoms with van der Waals surface area (Å²) in [6.07, 6.45) is 2.32. The molecule has 0 aliphatic rings. The van der Waals surface area contributed by atoms with Crippen molar-refractivity contribution < 1.29 is 18.7 Å². The lowest BCUT2D eigenvalue weighted by Gasteiger charge is -2.27. The zero-order valence-electron chi connectivity index (χ0n) is 21.2. The standard InChI is InChI=1S/C29H36N2O4/c1-29(2,3)25-14-12-24(13-15-25)28(33)31(18-20-34-4)22-27(32)30(21-26-11-8-19-35-26)17-16-23-9-6-5-7-10-23/h5-15,19H,16-18,20-22H2,1-4H3. The molecule has 0 atom stereocenters. The summed E-state index contributed by atoms with van der Waals surface area (Å²) in [5, 5.41) is 0. The number of carbonyl (C=O) groups excluding carboxylic acids is 2. The molecule has 0 fully saturated rings. The van der Waals surface area contributed by atoms with E-state index in [4.69, 9.17) is 9.15 Å². The van der Waals surface area contributed by atoms with Crippen LogP contribution in [-0.2, 0) is 27.9 Å². The Morgan fingerprint density at radius 1 is 0.886 bits per heavy atom. The van der Waals surface area contributed by atoms with Gasteiger partial charge >= 0.3 is 0 Å². The summed E-state index contributed by atoms with van der Waals surface area (Å²) >= 11 is 0. The van der Waals surface area contributed by atoms with Crippen molar-refractivity contribution >= 4 is 11.8 Å².